The maximum atomic E-state index is 12.3. The SMILES string of the molecule is CCC1SCC(C(=O)O)N1C(=O)c1csc(N)n1. The van der Waals surface area contributed by atoms with Crippen molar-refractivity contribution in [3.05, 3.63) is 11.1 Å². The molecule has 8 heteroatoms. The summed E-state index contributed by atoms with van der Waals surface area (Å²) in [6.45, 7) is 1.93. The summed E-state index contributed by atoms with van der Waals surface area (Å²) in [5, 5.41) is 10.9. The van der Waals surface area contributed by atoms with Gasteiger partial charge in [0.25, 0.3) is 5.91 Å². The lowest BCUT2D eigenvalue weighted by Gasteiger charge is -2.25. The van der Waals surface area contributed by atoms with Crippen LogP contribution in [-0.2, 0) is 4.79 Å². The molecule has 3 N–H and O–H groups in total. The fourth-order valence-electron chi connectivity index (χ4n) is 1.86. The summed E-state index contributed by atoms with van der Waals surface area (Å²) in [5.41, 5.74) is 5.72. The van der Waals surface area contributed by atoms with Gasteiger partial charge in [0.1, 0.15) is 11.7 Å². The predicted molar refractivity (Wildman–Crippen MR) is 70.7 cm³/mol. The molecule has 0 radical (unpaired) electrons. The molecule has 1 fully saturated rings. The average Bonchev–Trinajstić information content (AvgIpc) is 2.93. The van der Waals surface area contributed by atoms with Gasteiger partial charge in [-0.05, 0) is 6.42 Å². The number of carboxylic acid groups (broad SMARTS) is 1. The van der Waals surface area contributed by atoms with Crippen LogP contribution in [0.3, 0.4) is 0 Å². The largest absolute Gasteiger partial charge is 0.480 e. The molecule has 2 heterocycles. The molecular weight excluding hydrogens is 274 g/mol. The van der Waals surface area contributed by atoms with E-state index in [9.17, 15) is 9.59 Å². The van der Waals surface area contributed by atoms with Crippen molar-refractivity contribution >= 4 is 40.1 Å². The molecule has 0 saturated carbocycles. The maximum absolute atomic E-state index is 12.3. The van der Waals surface area contributed by atoms with Gasteiger partial charge in [0.2, 0.25) is 0 Å². The second-order valence-electron chi connectivity index (χ2n) is 3.83. The topological polar surface area (TPSA) is 96.5 Å². The van der Waals surface area contributed by atoms with E-state index in [1.54, 1.807) is 5.38 Å². The summed E-state index contributed by atoms with van der Waals surface area (Å²) in [5.74, 6) is -0.915. The molecule has 1 aromatic rings. The number of nitrogens with two attached hydrogens (primary N) is 1. The Kier molecular flexibility index (Phi) is 3.76. The van der Waals surface area contributed by atoms with Gasteiger partial charge in [-0.1, -0.05) is 6.92 Å². The number of nitrogen functional groups attached to an aromatic ring is 1. The van der Waals surface area contributed by atoms with Crippen LogP contribution in [0.2, 0.25) is 0 Å². The van der Waals surface area contributed by atoms with E-state index in [4.69, 9.17) is 10.8 Å². The summed E-state index contributed by atoms with van der Waals surface area (Å²) in [4.78, 5) is 28.8. The Morgan fingerprint density at radius 2 is 2.39 bits per heavy atom. The van der Waals surface area contributed by atoms with Crippen LogP contribution < -0.4 is 5.73 Å². The van der Waals surface area contributed by atoms with Gasteiger partial charge in [0.05, 0.1) is 5.37 Å². The molecular formula is C10H13N3O3S2. The number of hydrogen-bond donors (Lipinski definition) is 2. The highest BCUT2D eigenvalue weighted by Crippen LogP contribution is 2.32. The van der Waals surface area contributed by atoms with Crippen molar-refractivity contribution in [2.45, 2.75) is 24.8 Å². The number of hydrogen-bond acceptors (Lipinski definition) is 6. The molecule has 2 atom stereocenters. The average molecular weight is 287 g/mol. The van der Waals surface area contributed by atoms with Crippen molar-refractivity contribution in [2.24, 2.45) is 0 Å². The molecule has 0 bridgehead atoms. The second-order valence-corrected chi connectivity index (χ2v) is 5.93. The van der Waals surface area contributed by atoms with E-state index in [0.717, 1.165) is 0 Å². The lowest BCUT2D eigenvalue weighted by atomic mass is 10.2. The zero-order valence-electron chi connectivity index (χ0n) is 9.70. The summed E-state index contributed by atoms with van der Waals surface area (Å²) in [7, 11) is 0. The first kappa shape index (κ1) is 13.2. The number of carbonyl (C=O) groups excluding carboxylic acids is 1. The Morgan fingerprint density at radius 1 is 1.67 bits per heavy atom. The first-order valence-corrected chi connectivity index (χ1v) is 7.35. The number of rotatable bonds is 3. The number of carbonyl (C=O) groups is 2. The Balaban J connectivity index is 2.27. The van der Waals surface area contributed by atoms with Crippen LogP contribution in [0.15, 0.2) is 5.38 Å². The number of amides is 1. The predicted octanol–water partition coefficient (Wildman–Crippen LogP) is 1.10. The summed E-state index contributed by atoms with van der Waals surface area (Å²) >= 11 is 2.66. The fraction of sp³-hybridized carbons (Fsp3) is 0.500. The molecule has 2 rings (SSSR count). The third-order valence-electron chi connectivity index (χ3n) is 2.70. The van der Waals surface area contributed by atoms with Crippen molar-refractivity contribution in [3.63, 3.8) is 0 Å². The highest BCUT2D eigenvalue weighted by atomic mass is 32.2. The van der Waals surface area contributed by atoms with Gasteiger partial charge in [0.15, 0.2) is 5.13 Å². The number of nitrogens with zero attached hydrogens (tertiary/aromatic N) is 2. The zero-order valence-corrected chi connectivity index (χ0v) is 11.3. The third-order valence-corrected chi connectivity index (χ3v) is 4.83. The van der Waals surface area contributed by atoms with Crippen molar-refractivity contribution in [1.29, 1.82) is 0 Å². The Morgan fingerprint density at radius 3 is 2.89 bits per heavy atom. The van der Waals surface area contributed by atoms with E-state index in [1.807, 2.05) is 6.92 Å². The number of aromatic nitrogens is 1. The smallest absolute Gasteiger partial charge is 0.327 e. The molecule has 1 aromatic heterocycles. The van der Waals surface area contributed by atoms with Crippen molar-refractivity contribution in [2.75, 3.05) is 11.5 Å². The maximum Gasteiger partial charge on any atom is 0.327 e. The lowest BCUT2D eigenvalue weighted by molar-refractivity contribution is -0.141. The quantitative estimate of drug-likeness (QED) is 0.864. The van der Waals surface area contributed by atoms with Gasteiger partial charge >= 0.3 is 5.97 Å². The second kappa shape index (κ2) is 5.15. The summed E-state index contributed by atoms with van der Waals surface area (Å²) in [6.07, 6.45) is 0.708. The highest BCUT2D eigenvalue weighted by Gasteiger charge is 2.41. The van der Waals surface area contributed by atoms with E-state index >= 15 is 0 Å². The standard InChI is InChI=1S/C10H13N3O3S2/c1-2-7-13(6(4-17-7)9(15)16)8(14)5-3-18-10(11)12-5/h3,6-7H,2,4H2,1H3,(H2,11,12)(H,15,16). The van der Waals surface area contributed by atoms with Crippen LogP contribution in [0.5, 0.6) is 0 Å². The summed E-state index contributed by atoms with van der Waals surface area (Å²) in [6, 6.07) is -0.782. The Bertz CT molecular complexity index is 477. The van der Waals surface area contributed by atoms with E-state index in [2.05, 4.69) is 4.98 Å². The van der Waals surface area contributed by atoms with Crippen LogP contribution in [-0.4, -0.2) is 44.0 Å². The van der Waals surface area contributed by atoms with Gasteiger partial charge < -0.3 is 15.7 Å². The normalized spacial score (nSPS) is 23.3. The number of thioether (sulfide) groups is 1. The first-order chi connectivity index (χ1) is 8.54. The molecule has 2 unspecified atom stereocenters. The van der Waals surface area contributed by atoms with Crippen LogP contribution in [0.1, 0.15) is 23.8 Å². The van der Waals surface area contributed by atoms with E-state index in [-0.39, 0.29) is 17.0 Å². The van der Waals surface area contributed by atoms with Crippen LogP contribution in [0.4, 0.5) is 5.13 Å². The molecule has 1 amide bonds. The van der Waals surface area contributed by atoms with Crippen molar-refractivity contribution in [3.8, 4) is 0 Å². The van der Waals surface area contributed by atoms with Crippen molar-refractivity contribution in [1.82, 2.24) is 9.88 Å². The fourth-order valence-corrected chi connectivity index (χ4v) is 3.74. The molecule has 0 spiro atoms. The minimum Gasteiger partial charge on any atom is -0.480 e. The molecule has 18 heavy (non-hydrogen) atoms. The Hall–Kier alpha value is -1.28. The minimum atomic E-state index is -0.977. The first-order valence-electron chi connectivity index (χ1n) is 5.42. The summed E-state index contributed by atoms with van der Waals surface area (Å²) < 4.78 is 0. The monoisotopic (exact) mass is 287 g/mol. The van der Waals surface area contributed by atoms with Crippen LogP contribution in [0.25, 0.3) is 0 Å². The van der Waals surface area contributed by atoms with E-state index in [0.29, 0.717) is 17.3 Å². The van der Waals surface area contributed by atoms with E-state index in [1.165, 1.54) is 28.0 Å². The molecule has 6 nitrogen and oxygen atoms in total. The molecule has 1 aliphatic rings. The number of anilines is 1. The van der Waals surface area contributed by atoms with Crippen molar-refractivity contribution < 1.29 is 14.7 Å². The van der Waals surface area contributed by atoms with Gasteiger partial charge in [-0.25, -0.2) is 9.78 Å². The highest BCUT2D eigenvalue weighted by molar-refractivity contribution is 8.00. The third kappa shape index (κ3) is 2.30. The zero-order chi connectivity index (χ0) is 13.3. The van der Waals surface area contributed by atoms with Gasteiger partial charge in [-0.15, -0.1) is 23.1 Å². The van der Waals surface area contributed by atoms with Crippen LogP contribution >= 0.6 is 23.1 Å². The minimum absolute atomic E-state index is 0.110. The number of carboxylic acids is 1. The molecule has 0 aliphatic carbocycles. The van der Waals surface area contributed by atoms with Crippen LogP contribution in [0, 0.1) is 0 Å². The molecule has 98 valence electrons. The number of thiazole rings is 1. The van der Waals surface area contributed by atoms with E-state index < -0.39 is 12.0 Å². The van der Waals surface area contributed by atoms with Gasteiger partial charge in [0, 0.05) is 11.1 Å². The molecule has 0 aromatic carbocycles. The van der Waals surface area contributed by atoms with Gasteiger partial charge in [-0.2, -0.15) is 0 Å². The molecule has 1 aliphatic heterocycles. The number of aliphatic carboxylic acids is 1. The Labute approximate surface area is 112 Å². The van der Waals surface area contributed by atoms with Gasteiger partial charge in [-0.3, -0.25) is 4.79 Å². The molecule has 1 saturated heterocycles. The lowest BCUT2D eigenvalue weighted by Crippen LogP contribution is -2.45.